The van der Waals surface area contributed by atoms with Crippen LogP contribution in [0.25, 0.3) is 105 Å². The van der Waals surface area contributed by atoms with Gasteiger partial charge in [0.1, 0.15) is 0 Å². The second-order valence-corrected chi connectivity index (χ2v) is 13.2. The van der Waals surface area contributed by atoms with E-state index < -0.39 is 0 Å². The molecule has 0 spiro atoms. The van der Waals surface area contributed by atoms with Crippen molar-refractivity contribution in [2.24, 2.45) is 0 Å². The quantitative estimate of drug-likeness (QED) is 0.191. The van der Waals surface area contributed by atoms with Crippen LogP contribution in [-0.4, -0.2) is 19.5 Å². The molecule has 11 rings (SSSR count). The maximum absolute atomic E-state index is 5.30. The molecule has 0 aliphatic heterocycles. The molecule has 8 aromatic carbocycles. The highest BCUT2D eigenvalue weighted by Gasteiger charge is 2.24. The minimum absolute atomic E-state index is 0.631. The topological polar surface area (TPSA) is 43.6 Å². The summed E-state index contributed by atoms with van der Waals surface area (Å²) in [6, 6.07) is 60.2. The Balaban J connectivity index is 1.18. The third-order valence-corrected chi connectivity index (χ3v) is 10.4. The highest BCUT2D eigenvalue weighted by molar-refractivity contribution is 6.21. The third-order valence-electron chi connectivity index (χ3n) is 10.4. The van der Waals surface area contributed by atoms with Gasteiger partial charge in [-0.15, -0.1) is 0 Å². The molecular weight excluding hydrogens is 621 g/mol. The molecule has 0 atom stereocenters. The first kappa shape index (κ1) is 28.0. The van der Waals surface area contributed by atoms with Gasteiger partial charge in [0.25, 0.3) is 0 Å². The van der Waals surface area contributed by atoms with Gasteiger partial charge >= 0.3 is 0 Å². The van der Waals surface area contributed by atoms with Crippen molar-refractivity contribution in [1.29, 1.82) is 0 Å². The number of para-hydroxylation sites is 2. The molecule has 1 aliphatic rings. The molecule has 4 nitrogen and oxygen atoms in total. The van der Waals surface area contributed by atoms with Crippen molar-refractivity contribution in [2.45, 2.75) is 0 Å². The number of benzene rings is 8. The average Bonchev–Trinajstić information content (AvgIpc) is 3.72. The zero-order chi connectivity index (χ0) is 33.5. The van der Waals surface area contributed by atoms with Gasteiger partial charge in [-0.25, -0.2) is 15.0 Å². The maximum atomic E-state index is 5.30. The lowest BCUT2D eigenvalue weighted by atomic mass is 9.99. The molecule has 10 aromatic rings. The van der Waals surface area contributed by atoms with Crippen LogP contribution in [0.5, 0.6) is 0 Å². The van der Waals surface area contributed by atoms with Gasteiger partial charge in [0, 0.05) is 27.5 Å². The van der Waals surface area contributed by atoms with Gasteiger partial charge in [0.2, 0.25) is 0 Å². The first-order valence-corrected chi connectivity index (χ1v) is 17.3. The van der Waals surface area contributed by atoms with Crippen LogP contribution < -0.4 is 0 Å². The fourth-order valence-corrected chi connectivity index (χ4v) is 8.15. The van der Waals surface area contributed by atoms with Crippen LogP contribution in [0.15, 0.2) is 170 Å². The SMILES string of the molecule is c1ccc(-c2nc(-c3cc4c5c(cccc5c3)-c3ccccc3-4)nc(-c3ccccc3-n3c4ccccc4c4c5ccccc5ccc43)n2)cc1. The summed E-state index contributed by atoms with van der Waals surface area (Å²) in [7, 11) is 0. The molecule has 236 valence electrons. The van der Waals surface area contributed by atoms with Gasteiger partial charge in [-0.3, -0.25) is 0 Å². The van der Waals surface area contributed by atoms with Crippen molar-refractivity contribution in [3.05, 3.63) is 170 Å². The Morgan fingerprint density at radius 1 is 0.333 bits per heavy atom. The number of hydrogen-bond acceptors (Lipinski definition) is 3. The van der Waals surface area contributed by atoms with Crippen molar-refractivity contribution in [3.63, 3.8) is 0 Å². The molecule has 0 N–H and O–H groups in total. The minimum atomic E-state index is 0.631. The Bertz CT molecular complexity index is 3030. The Hall–Kier alpha value is -6.91. The van der Waals surface area contributed by atoms with Crippen LogP contribution in [0, 0.1) is 0 Å². The minimum Gasteiger partial charge on any atom is -0.308 e. The van der Waals surface area contributed by atoms with E-state index in [1.165, 1.54) is 54.6 Å². The lowest BCUT2D eigenvalue weighted by Gasteiger charge is -2.15. The molecule has 0 saturated heterocycles. The molecule has 4 heteroatoms. The zero-order valence-electron chi connectivity index (χ0n) is 27.5. The second-order valence-electron chi connectivity index (χ2n) is 13.2. The second kappa shape index (κ2) is 10.8. The summed E-state index contributed by atoms with van der Waals surface area (Å²) in [6.45, 7) is 0. The van der Waals surface area contributed by atoms with E-state index in [1.54, 1.807) is 0 Å². The van der Waals surface area contributed by atoms with E-state index in [0.29, 0.717) is 17.5 Å². The third kappa shape index (κ3) is 4.17. The highest BCUT2D eigenvalue weighted by atomic mass is 15.1. The van der Waals surface area contributed by atoms with Gasteiger partial charge in [-0.1, -0.05) is 133 Å². The lowest BCUT2D eigenvalue weighted by Crippen LogP contribution is -2.03. The molecule has 0 amide bonds. The summed E-state index contributed by atoms with van der Waals surface area (Å²) >= 11 is 0. The monoisotopic (exact) mass is 648 g/mol. The number of nitrogens with zero attached hydrogens (tertiary/aromatic N) is 4. The van der Waals surface area contributed by atoms with E-state index in [9.17, 15) is 0 Å². The Morgan fingerprint density at radius 2 is 0.961 bits per heavy atom. The molecular formula is C47H28N4. The molecule has 0 unspecified atom stereocenters. The number of rotatable bonds is 4. The fourth-order valence-electron chi connectivity index (χ4n) is 8.15. The molecule has 2 aromatic heterocycles. The summed E-state index contributed by atoms with van der Waals surface area (Å²) in [5.41, 5.74) is 11.2. The van der Waals surface area contributed by atoms with E-state index in [-0.39, 0.29) is 0 Å². The predicted molar refractivity (Wildman–Crippen MR) is 210 cm³/mol. The van der Waals surface area contributed by atoms with E-state index in [1.807, 2.05) is 18.2 Å². The zero-order valence-corrected chi connectivity index (χ0v) is 27.5. The van der Waals surface area contributed by atoms with Gasteiger partial charge in [-0.2, -0.15) is 0 Å². The predicted octanol–water partition coefficient (Wildman–Crippen LogP) is 11.9. The number of aromatic nitrogens is 4. The van der Waals surface area contributed by atoms with Crippen molar-refractivity contribution < 1.29 is 0 Å². The van der Waals surface area contributed by atoms with Gasteiger partial charge in [0.05, 0.1) is 16.7 Å². The van der Waals surface area contributed by atoms with Gasteiger partial charge < -0.3 is 4.57 Å². The van der Waals surface area contributed by atoms with Crippen LogP contribution in [-0.2, 0) is 0 Å². The molecule has 1 aliphatic carbocycles. The largest absolute Gasteiger partial charge is 0.308 e. The summed E-state index contributed by atoms with van der Waals surface area (Å²) in [4.78, 5) is 15.6. The summed E-state index contributed by atoms with van der Waals surface area (Å²) in [5.74, 6) is 1.92. The van der Waals surface area contributed by atoms with Crippen LogP contribution in [0.4, 0.5) is 0 Å². The van der Waals surface area contributed by atoms with E-state index >= 15 is 0 Å². The van der Waals surface area contributed by atoms with Crippen LogP contribution >= 0.6 is 0 Å². The highest BCUT2D eigenvalue weighted by Crippen LogP contribution is 2.48. The average molecular weight is 649 g/mol. The standard InChI is InChI=1S/C47H28N4/c1-2-14-30(15-3-1)45-48-46(32-27-31-16-12-22-36-34-18-6-7-19-35(34)39(28-32)43(31)36)50-47(49-45)38-21-9-11-24-41(38)51-40-23-10-8-20-37(40)44-33-17-5-4-13-29(33)25-26-42(44)51/h1-28H. The van der Waals surface area contributed by atoms with E-state index in [4.69, 9.17) is 15.0 Å². The fraction of sp³-hybridized carbons (Fsp3) is 0. The summed E-state index contributed by atoms with van der Waals surface area (Å²) in [5, 5.41) is 7.39. The molecule has 2 heterocycles. The molecule has 0 bridgehead atoms. The molecule has 51 heavy (non-hydrogen) atoms. The molecule has 0 radical (unpaired) electrons. The number of hydrogen-bond donors (Lipinski definition) is 0. The van der Waals surface area contributed by atoms with Crippen LogP contribution in [0.3, 0.4) is 0 Å². The van der Waals surface area contributed by atoms with Crippen LogP contribution in [0.1, 0.15) is 0 Å². The number of fused-ring (bicyclic) bond motifs is 8. The molecule has 0 fully saturated rings. The smallest absolute Gasteiger partial charge is 0.166 e. The molecule has 0 saturated carbocycles. The lowest BCUT2D eigenvalue weighted by molar-refractivity contribution is 1.06. The maximum Gasteiger partial charge on any atom is 0.166 e. The van der Waals surface area contributed by atoms with Gasteiger partial charge in [0.15, 0.2) is 17.5 Å². The van der Waals surface area contributed by atoms with Gasteiger partial charge in [-0.05, 0) is 80.2 Å². The Morgan fingerprint density at radius 3 is 1.82 bits per heavy atom. The first-order valence-electron chi connectivity index (χ1n) is 17.3. The summed E-state index contributed by atoms with van der Waals surface area (Å²) < 4.78 is 2.37. The Kier molecular flexibility index (Phi) is 5.92. The van der Waals surface area contributed by atoms with Crippen LogP contribution in [0.2, 0.25) is 0 Å². The first-order chi connectivity index (χ1) is 25.3. The van der Waals surface area contributed by atoms with Crippen molar-refractivity contribution >= 4 is 43.4 Å². The van der Waals surface area contributed by atoms with Crippen molar-refractivity contribution in [1.82, 2.24) is 19.5 Å². The normalized spacial score (nSPS) is 11.9. The van der Waals surface area contributed by atoms with E-state index in [0.717, 1.165) is 33.4 Å². The summed E-state index contributed by atoms with van der Waals surface area (Å²) in [6.07, 6.45) is 0. The van der Waals surface area contributed by atoms with E-state index in [2.05, 4.69) is 156 Å². The van der Waals surface area contributed by atoms with Crippen molar-refractivity contribution in [3.8, 4) is 62.1 Å². The Labute approximate surface area is 294 Å². The van der Waals surface area contributed by atoms with Crippen molar-refractivity contribution in [2.75, 3.05) is 0 Å².